The van der Waals surface area contributed by atoms with E-state index in [1.807, 2.05) is 19.9 Å². The van der Waals surface area contributed by atoms with Crippen molar-refractivity contribution in [1.29, 1.82) is 0 Å². The number of nitrogens with zero attached hydrogens (tertiary/aromatic N) is 2. The molecule has 2 N–H and O–H groups in total. The average molecular weight is 489 g/mol. The molecule has 0 saturated carbocycles. The van der Waals surface area contributed by atoms with Gasteiger partial charge in [0.05, 0.1) is 24.0 Å². The number of ether oxygens (including phenoxy) is 2. The van der Waals surface area contributed by atoms with Crippen LogP contribution in [-0.2, 0) is 6.18 Å². The molecule has 7 nitrogen and oxygen atoms in total. The standard InChI is InChI=1S/C25H27F3N4O3/c1-6-34-22-11-17(13-29-16(22)5)19-8-10-23(30-15(19)4)32-24(33)31-18-7-9-21(35-14(2)3)20(12-18)25(26,27)28/h7-14H,6H2,1-5H3,(H2,30,31,32,33). The van der Waals surface area contributed by atoms with Crippen molar-refractivity contribution in [3.8, 4) is 22.6 Å². The molecule has 2 aromatic heterocycles. The summed E-state index contributed by atoms with van der Waals surface area (Å²) in [7, 11) is 0. The van der Waals surface area contributed by atoms with Gasteiger partial charge >= 0.3 is 12.2 Å². The lowest BCUT2D eigenvalue weighted by molar-refractivity contribution is -0.139. The van der Waals surface area contributed by atoms with Gasteiger partial charge in [-0.1, -0.05) is 0 Å². The maximum Gasteiger partial charge on any atom is 0.420 e. The third-order valence-corrected chi connectivity index (χ3v) is 4.88. The van der Waals surface area contributed by atoms with E-state index in [0.29, 0.717) is 18.1 Å². The molecule has 0 bridgehead atoms. The minimum Gasteiger partial charge on any atom is -0.492 e. The maximum atomic E-state index is 13.4. The number of carbonyl (C=O) groups excluding carboxylic acids is 1. The molecule has 2 heterocycles. The molecular weight excluding hydrogens is 461 g/mol. The van der Waals surface area contributed by atoms with Crippen molar-refractivity contribution < 1.29 is 27.4 Å². The van der Waals surface area contributed by atoms with E-state index >= 15 is 0 Å². The second-order valence-corrected chi connectivity index (χ2v) is 8.02. The van der Waals surface area contributed by atoms with Crippen LogP contribution >= 0.6 is 0 Å². The number of halogens is 3. The largest absolute Gasteiger partial charge is 0.492 e. The summed E-state index contributed by atoms with van der Waals surface area (Å²) in [6, 6.07) is 7.88. The van der Waals surface area contributed by atoms with E-state index in [1.54, 1.807) is 39.1 Å². The van der Waals surface area contributed by atoms with E-state index in [2.05, 4.69) is 20.6 Å². The lowest BCUT2D eigenvalue weighted by atomic mass is 10.1. The van der Waals surface area contributed by atoms with E-state index in [4.69, 9.17) is 9.47 Å². The first-order valence-corrected chi connectivity index (χ1v) is 11.0. The summed E-state index contributed by atoms with van der Waals surface area (Å²) in [6.45, 7) is 9.30. The van der Waals surface area contributed by atoms with E-state index in [0.717, 1.165) is 22.9 Å². The number of rotatable bonds is 7. The van der Waals surface area contributed by atoms with E-state index in [1.165, 1.54) is 12.1 Å². The molecule has 0 aliphatic rings. The van der Waals surface area contributed by atoms with Gasteiger partial charge in [0, 0.05) is 28.7 Å². The van der Waals surface area contributed by atoms with Crippen LogP contribution in [0, 0.1) is 13.8 Å². The lowest BCUT2D eigenvalue weighted by Gasteiger charge is -2.17. The Labute approximate surface area is 201 Å². The van der Waals surface area contributed by atoms with Crippen LogP contribution in [0.5, 0.6) is 11.5 Å². The summed E-state index contributed by atoms with van der Waals surface area (Å²) in [5.74, 6) is 0.614. The molecule has 2 amide bonds. The number of hydrogen-bond acceptors (Lipinski definition) is 5. The van der Waals surface area contributed by atoms with Crippen LogP contribution in [0.15, 0.2) is 42.6 Å². The molecule has 0 fully saturated rings. The molecule has 0 radical (unpaired) electrons. The Kier molecular flexibility index (Phi) is 7.83. The second kappa shape index (κ2) is 10.6. The Morgan fingerprint density at radius 1 is 1.03 bits per heavy atom. The zero-order chi connectivity index (χ0) is 25.8. The summed E-state index contributed by atoms with van der Waals surface area (Å²) in [5.41, 5.74) is 2.01. The molecule has 0 saturated heterocycles. The smallest absolute Gasteiger partial charge is 0.420 e. The van der Waals surface area contributed by atoms with Crippen LogP contribution in [0.1, 0.15) is 37.7 Å². The fourth-order valence-electron chi connectivity index (χ4n) is 3.36. The van der Waals surface area contributed by atoms with Crippen LogP contribution in [0.3, 0.4) is 0 Å². The number of aromatic nitrogens is 2. The van der Waals surface area contributed by atoms with E-state index in [-0.39, 0.29) is 17.3 Å². The van der Waals surface area contributed by atoms with Gasteiger partial charge in [0.15, 0.2) is 0 Å². The van der Waals surface area contributed by atoms with Gasteiger partial charge in [-0.2, -0.15) is 13.2 Å². The minimum atomic E-state index is -4.64. The first-order chi connectivity index (χ1) is 16.5. The van der Waals surface area contributed by atoms with Gasteiger partial charge < -0.3 is 14.8 Å². The van der Waals surface area contributed by atoms with Crippen molar-refractivity contribution in [2.24, 2.45) is 0 Å². The number of hydrogen-bond donors (Lipinski definition) is 2. The average Bonchev–Trinajstić information content (AvgIpc) is 2.75. The van der Waals surface area contributed by atoms with Crippen LogP contribution in [0.4, 0.5) is 29.5 Å². The second-order valence-electron chi connectivity index (χ2n) is 8.02. The summed E-state index contributed by atoms with van der Waals surface area (Å²) >= 11 is 0. The van der Waals surface area contributed by atoms with E-state index < -0.39 is 23.9 Å². The number of alkyl halides is 3. The number of anilines is 2. The fourth-order valence-corrected chi connectivity index (χ4v) is 3.36. The number of carbonyl (C=O) groups is 1. The molecule has 0 spiro atoms. The minimum absolute atomic E-state index is 0.0338. The molecule has 10 heteroatoms. The zero-order valence-corrected chi connectivity index (χ0v) is 20.1. The molecule has 0 atom stereocenters. The summed E-state index contributed by atoms with van der Waals surface area (Å²) in [6.07, 6.45) is -3.36. The SMILES string of the molecule is CCOc1cc(-c2ccc(NC(=O)Nc3ccc(OC(C)C)c(C(F)(F)F)c3)nc2C)cnc1C. The number of pyridine rings is 2. The Bertz CT molecular complexity index is 1210. The van der Waals surface area contributed by atoms with Crippen LogP contribution < -0.4 is 20.1 Å². The molecule has 3 aromatic rings. The maximum absolute atomic E-state index is 13.4. The van der Waals surface area contributed by atoms with Crippen molar-refractivity contribution in [3.63, 3.8) is 0 Å². The van der Waals surface area contributed by atoms with Gasteiger partial charge in [-0.25, -0.2) is 9.78 Å². The van der Waals surface area contributed by atoms with Gasteiger partial charge in [0.1, 0.15) is 17.3 Å². The molecule has 0 aliphatic carbocycles. The molecular formula is C25H27F3N4O3. The zero-order valence-electron chi connectivity index (χ0n) is 20.1. The Hall–Kier alpha value is -3.82. The fraction of sp³-hybridized carbons (Fsp3) is 0.320. The van der Waals surface area contributed by atoms with Crippen molar-refractivity contribution >= 4 is 17.5 Å². The van der Waals surface area contributed by atoms with Crippen LogP contribution in [0.2, 0.25) is 0 Å². The monoisotopic (exact) mass is 488 g/mol. The van der Waals surface area contributed by atoms with Gasteiger partial charge in [-0.3, -0.25) is 10.3 Å². The van der Waals surface area contributed by atoms with Crippen molar-refractivity contribution in [1.82, 2.24) is 9.97 Å². The van der Waals surface area contributed by atoms with Gasteiger partial charge in [-0.15, -0.1) is 0 Å². The molecule has 0 aliphatic heterocycles. The third-order valence-electron chi connectivity index (χ3n) is 4.88. The molecule has 0 unspecified atom stereocenters. The molecule has 1 aromatic carbocycles. The number of nitrogens with one attached hydrogen (secondary N) is 2. The predicted molar refractivity (Wildman–Crippen MR) is 128 cm³/mol. The van der Waals surface area contributed by atoms with E-state index in [9.17, 15) is 18.0 Å². The Morgan fingerprint density at radius 2 is 1.77 bits per heavy atom. The van der Waals surface area contributed by atoms with Crippen molar-refractivity contribution in [2.75, 3.05) is 17.2 Å². The summed E-state index contributed by atoms with van der Waals surface area (Å²) < 4.78 is 51.2. The van der Waals surface area contributed by atoms with Gasteiger partial charge in [0.25, 0.3) is 0 Å². The quantitative estimate of drug-likeness (QED) is 0.391. The van der Waals surface area contributed by atoms with Crippen molar-refractivity contribution in [2.45, 2.75) is 46.9 Å². The topological polar surface area (TPSA) is 85.4 Å². The highest BCUT2D eigenvalue weighted by molar-refractivity contribution is 5.99. The predicted octanol–water partition coefficient (Wildman–Crippen LogP) is 6.61. The summed E-state index contributed by atoms with van der Waals surface area (Å²) in [4.78, 5) is 21.2. The summed E-state index contributed by atoms with van der Waals surface area (Å²) in [5, 5.41) is 4.95. The highest BCUT2D eigenvalue weighted by atomic mass is 19.4. The van der Waals surface area contributed by atoms with Crippen LogP contribution in [-0.4, -0.2) is 28.7 Å². The number of urea groups is 1. The molecule has 35 heavy (non-hydrogen) atoms. The molecule has 3 rings (SSSR count). The number of amides is 2. The Morgan fingerprint density at radius 3 is 2.40 bits per heavy atom. The van der Waals surface area contributed by atoms with Gasteiger partial charge in [-0.05, 0) is 71.0 Å². The highest BCUT2D eigenvalue weighted by Gasteiger charge is 2.35. The van der Waals surface area contributed by atoms with Gasteiger partial charge in [0.2, 0.25) is 0 Å². The Balaban J connectivity index is 1.75. The van der Waals surface area contributed by atoms with Crippen molar-refractivity contribution in [3.05, 3.63) is 59.5 Å². The highest BCUT2D eigenvalue weighted by Crippen LogP contribution is 2.38. The third kappa shape index (κ3) is 6.62. The molecule has 186 valence electrons. The number of benzene rings is 1. The first kappa shape index (κ1) is 25.8. The van der Waals surface area contributed by atoms with Crippen LogP contribution in [0.25, 0.3) is 11.1 Å². The first-order valence-electron chi connectivity index (χ1n) is 11.0. The normalized spacial score (nSPS) is 11.3. The lowest BCUT2D eigenvalue weighted by Crippen LogP contribution is -2.21. The number of aryl methyl sites for hydroxylation is 2.